The van der Waals surface area contributed by atoms with Crippen LogP contribution in [0.15, 0.2) is 41.2 Å². The lowest BCUT2D eigenvalue weighted by atomic mass is 10.1. The second-order valence-electron chi connectivity index (χ2n) is 4.52. The summed E-state index contributed by atoms with van der Waals surface area (Å²) in [6, 6.07) is 10.3. The zero-order valence-electron chi connectivity index (χ0n) is 10.6. The number of hydrogen-bond acceptors (Lipinski definition) is 3. The molecule has 0 fully saturated rings. The number of rotatable bonds is 2. The van der Waals surface area contributed by atoms with Gasteiger partial charge in [0.25, 0.3) is 5.56 Å². The van der Waals surface area contributed by atoms with Crippen molar-refractivity contribution in [2.24, 2.45) is 0 Å². The van der Waals surface area contributed by atoms with Crippen LogP contribution in [0.2, 0.25) is 0 Å². The maximum atomic E-state index is 12.0. The fourth-order valence-corrected chi connectivity index (χ4v) is 2.05. The first kappa shape index (κ1) is 12.2. The van der Waals surface area contributed by atoms with Crippen molar-refractivity contribution in [2.75, 3.05) is 0 Å². The number of aryl methyl sites for hydroxylation is 1. The van der Waals surface area contributed by atoms with Gasteiger partial charge in [-0.3, -0.25) is 9.89 Å². The number of nitrogens with one attached hydrogen (secondary N) is 1. The standard InChI is InChI=1S/C14H11N3O3/c1-8-3-2-4-9(5-8)10-7-13(18)17-12(15-10)6-11(16-17)14(19)20/h2-7,16H,1H3,(H,19,20). The second-order valence-corrected chi connectivity index (χ2v) is 4.52. The highest BCUT2D eigenvalue weighted by atomic mass is 16.4. The van der Waals surface area contributed by atoms with Crippen molar-refractivity contribution in [3.63, 3.8) is 0 Å². The molecule has 0 aliphatic heterocycles. The quantitative estimate of drug-likeness (QED) is 0.741. The minimum absolute atomic E-state index is 0.0732. The average Bonchev–Trinajstić information content (AvgIpc) is 2.83. The molecule has 0 unspecified atom stereocenters. The van der Waals surface area contributed by atoms with Crippen LogP contribution in [0, 0.1) is 6.92 Å². The van der Waals surface area contributed by atoms with E-state index in [4.69, 9.17) is 5.11 Å². The Morgan fingerprint density at radius 3 is 2.80 bits per heavy atom. The van der Waals surface area contributed by atoms with E-state index in [0.717, 1.165) is 15.6 Å². The minimum atomic E-state index is -1.13. The third-order valence-electron chi connectivity index (χ3n) is 2.99. The van der Waals surface area contributed by atoms with Gasteiger partial charge in [-0.15, -0.1) is 0 Å². The molecule has 2 aromatic heterocycles. The summed E-state index contributed by atoms with van der Waals surface area (Å²) < 4.78 is 1.11. The summed E-state index contributed by atoms with van der Waals surface area (Å²) in [7, 11) is 0. The number of carboxylic acids is 1. The lowest BCUT2D eigenvalue weighted by Gasteiger charge is -2.02. The molecule has 20 heavy (non-hydrogen) atoms. The van der Waals surface area contributed by atoms with Crippen LogP contribution in [0.1, 0.15) is 16.1 Å². The summed E-state index contributed by atoms with van der Waals surface area (Å²) >= 11 is 0. The Bertz CT molecular complexity index is 877. The first-order valence-corrected chi connectivity index (χ1v) is 5.98. The molecule has 6 nitrogen and oxygen atoms in total. The van der Waals surface area contributed by atoms with Crippen LogP contribution in [0.3, 0.4) is 0 Å². The number of aromatic nitrogens is 3. The number of carboxylic acid groups (broad SMARTS) is 1. The average molecular weight is 269 g/mol. The van der Waals surface area contributed by atoms with Crippen molar-refractivity contribution in [3.05, 3.63) is 58.0 Å². The summed E-state index contributed by atoms with van der Waals surface area (Å²) in [4.78, 5) is 27.2. The molecule has 0 atom stereocenters. The lowest BCUT2D eigenvalue weighted by molar-refractivity contribution is 0.0690. The van der Waals surface area contributed by atoms with E-state index < -0.39 is 5.97 Å². The Balaban J connectivity index is 2.24. The van der Waals surface area contributed by atoms with Crippen LogP contribution in [-0.4, -0.2) is 25.7 Å². The van der Waals surface area contributed by atoms with Gasteiger partial charge in [-0.2, -0.15) is 0 Å². The zero-order chi connectivity index (χ0) is 14.3. The third kappa shape index (κ3) is 1.97. The molecule has 100 valence electrons. The van der Waals surface area contributed by atoms with E-state index in [-0.39, 0.29) is 16.9 Å². The van der Waals surface area contributed by atoms with Gasteiger partial charge in [-0.1, -0.05) is 23.8 Å². The van der Waals surface area contributed by atoms with Gasteiger partial charge in [-0.05, 0) is 13.0 Å². The van der Waals surface area contributed by atoms with Crippen molar-refractivity contribution in [1.29, 1.82) is 0 Å². The van der Waals surface area contributed by atoms with Gasteiger partial charge in [0.15, 0.2) is 5.65 Å². The molecule has 0 amide bonds. The van der Waals surface area contributed by atoms with E-state index in [9.17, 15) is 9.59 Å². The summed E-state index contributed by atoms with van der Waals surface area (Å²) in [5.74, 6) is -1.13. The van der Waals surface area contributed by atoms with Gasteiger partial charge >= 0.3 is 5.97 Å². The van der Waals surface area contributed by atoms with Gasteiger partial charge in [0, 0.05) is 17.7 Å². The molecule has 0 aliphatic rings. The van der Waals surface area contributed by atoms with Crippen LogP contribution in [0.4, 0.5) is 0 Å². The first-order valence-electron chi connectivity index (χ1n) is 5.98. The Morgan fingerprint density at radius 1 is 1.30 bits per heavy atom. The second kappa shape index (κ2) is 4.34. The summed E-state index contributed by atoms with van der Waals surface area (Å²) in [5, 5.41) is 11.4. The van der Waals surface area contributed by atoms with Crippen LogP contribution < -0.4 is 5.56 Å². The number of fused-ring (bicyclic) bond motifs is 1. The molecule has 0 saturated carbocycles. The van der Waals surface area contributed by atoms with Crippen molar-refractivity contribution < 1.29 is 9.90 Å². The molecule has 0 spiro atoms. The van der Waals surface area contributed by atoms with E-state index in [1.54, 1.807) is 0 Å². The Labute approximate surface area is 113 Å². The lowest BCUT2D eigenvalue weighted by Crippen LogP contribution is -2.14. The Kier molecular flexibility index (Phi) is 2.64. The summed E-state index contributed by atoms with van der Waals surface area (Å²) in [6.07, 6.45) is 0. The monoisotopic (exact) mass is 269 g/mol. The Hall–Kier alpha value is -2.89. The van der Waals surface area contributed by atoms with Gasteiger partial charge in [0.05, 0.1) is 5.69 Å². The first-order chi connectivity index (χ1) is 9.54. The number of H-pyrrole nitrogens is 1. The Morgan fingerprint density at radius 2 is 2.10 bits per heavy atom. The van der Waals surface area contributed by atoms with E-state index in [2.05, 4.69) is 10.1 Å². The van der Waals surface area contributed by atoms with Gasteiger partial charge < -0.3 is 5.11 Å². The topological polar surface area (TPSA) is 87.5 Å². The highest BCUT2D eigenvalue weighted by molar-refractivity contribution is 5.86. The molecule has 2 heterocycles. The molecular weight excluding hydrogens is 258 g/mol. The van der Waals surface area contributed by atoms with Crippen molar-refractivity contribution >= 4 is 11.6 Å². The number of carbonyl (C=O) groups is 1. The molecule has 0 saturated heterocycles. The van der Waals surface area contributed by atoms with Gasteiger partial charge in [0.2, 0.25) is 0 Å². The highest BCUT2D eigenvalue weighted by Gasteiger charge is 2.11. The molecule has 6 heteroatoms. The molecule has 0 radical (unpaired) electrons. The van der Waals surface area contributed by atoms with E-state index >= 15 is 0 Å². The molecule has 0 aliphatic carbocycles. The van der Waals surface area contributed by atoms with Gasteiger partial charge in [-0.25, -0.2) is 14.3 Å². The summed E-state index contributed by atoms with van der Waals surface area (Å²) in [6.45, 7) is 1.95. The largest absolute Gasteiger partial charge is 0.477 e. The predicted octanol–water partition coefficient (Wildman–Crippen LogP) is 1.70. The number of nitrogens with zero attached hydrogens (tertiary/aromatic N) is 2. The zero-order valence-corrected chi connectivity index (χ0v) is 10.6. The number of aromatic carboxylic acids is 1. The van der Waals surface area contributed by atoms with Crippen LogP contribution in [-0.2, 0) is 0 Å². The molecule has 2 N–H and O–H groups in total. The number of benzene rings is 1. The SMILES string of the molecule is Cc1cccc(-c2cc(=O)n3[nH]c(C(=O)O)cc3n2)c1. The number of hydrogen-bond donors (Lipinski definition) is 2. The van der Waals surface area contributed by atoms with Crippen LogP contribution in [0.5, 0.6) is 0 Å². The van der Waals surface area contributed by atoms with E-state index in [0.29, 0.717) is 5.69 Å². The normalized spacial score (nSPS) is 10.8. The predicted molar refractivity (Wildman–Crippen MR) is 72.9 cm³/mol. The molecular formula is C14H11N3O3. The molecule has 1 aromatic carbocycles. The highest BCUT2D eigenvalue weighted by Crippen LogP contribution is 2.17. The molecule has 3 rings (SSSR count). The minimum Gasteiger partial charge on any atom is -0.477 e. The molecule has 0 bridgehead atoms. The number of aromatic amines is 1. The van der Waals surface area contributed by atoms with Gasteiger partial charge in [0.1, 0.15) is 5.69 Å². The fraction of sp³-hybridized carbons (Fsp3) is 0.0714. The van der Waals surface area contributed by atoms with E-state index in [1.807, 2.05) is 31.2 Å². The fourth-order valence-electron chi connectivity index (χ4n) is 2.05. The molecule has 3 aromatic rings. The van der Waals surface area contributed by atoms with Crippen molar-refractivity contribution in [1.82, 2.24) is 14.6 Å². The summed E-state index contributed by atoms with van der Waals surface area (Å²) in [5.41, 5.74) is 2.27. The van der Waals surface area contributed by atoms with E-state index in [1.165, 1.54) is 12.1 Å². The maximum absolute atomic E-state index is 12.0. The van der Waals surface area contributed by atoms with Crippen molar-refractivity contribution in [2.45, 2.75) is 6.92 Å². The third-order valence-corrected chi connectivity index (χ3v) is 2.99. The smallest absolute Gasteiger partial charge is 0.353 e. The van der Waals surface area contributed by atoms with Crippen molar-refractivity contribution in [3.8, 4) is 11.3 Å². The maximum Gasteiger partial charge on any atom is 0.353 e. The van der Waals surface area contributed by atoms with Crippen LogP contribution >= 0.6 is 0 Å². The van der Waals surface area contributed by atoms with Crippen LogP contribution in [0.25, 0.3) is 16.9 Å².